The molecule has 1 N–H and O–H groups in total. The molecule has 0 fully saturated rings. The molecule has 0 spiro atoms. The minimum absolute atomic E-state index is 0.0572. The second kappa shape index (κ2) is 9.66. The van der Waals surface area contributed by atoms with E-state index in [1.165, 1.54) is 19.2 Å². The number of hydrazone groups is 1. The number of hydrogen-bond donors (Lipinski definition) is 1. The normalized spacial score (nSPS) is 11.1. The first-order valence-corrected chi connectivity index (χ1v) is 10.7. The monoisotopic (exact) mass is 506 g/mol. The molecule has 3 aromatic carbocycles. The second-order valence-corrected chi connectivity index (χ2v) is 8.11. The predicted octanol–water partition coefficient (Wildman–Crippen LogP) is 5.13. The Morgan fingerprint density at radius 2 is 1.94 bits per heavy atom. The summed E-state index contributed by atoms with van der Waals surface area (Å²) >= 11 is 3.36. The highest BCUT2D eigenvalue weighted by molar-refractivity contribution is 9.10. The van der Waals surface area contributed by atoms with E-state index in [1.54, 1.807) is 36.5 Å². The van der Waals surface area contributed by atoms with E-state index in [1.807, 2.05) is 35.0 Å². The van der Waals surface area contributed by atoms with Crippen molar-refractivity contribution in [3.8, 4) is 5.75 Å². The SMILES string of the molecule is COc1ccc(Br)cc1C(=O)N/N=C\c1cn(Cc2ccc([N+](=O)[O-])cc2)c2ccccc12. The van der Waals surface area contributed by atoms with E-state index in [2.05, 4.69) is 26.5 Å². The van der Waals surface area contributed by atoms with E-state index in [-0.39, 0.29) is 11.6 Å². The standard InChI is InChI=1S/C24H19BrN4O4/c1-33-23-11-8-18(25)12-21(23)24(30)27-26-13-17-15-28(22-5-3-2-4-20(17)22)14-16-6-9-19(10-7-16)29(31)32/h2-13,15H,14H2,1H3,(H,27,30)/b26-13-. The minimum Gasteiger partial charge on any atom is -0.496 e. The summed E-state index contributed by atoms with van der Waals surface area (Å²) in [5, 5.41) is 16.0. The van der Waals surface area contributed by atoms with Gasteiger partial charge >= 0.3 is 0 Å². The number of methoxy groups -OCH3 is 1. The van der Waals surface area contributed by atoms with Gasteiger partial charge in [-0.3, -0.25) is 14.9 Å². The molecular weight excluding hydrogens is 488 g/mol. The fraction of sp³-hybridized carbons (Fsp3) is 0.0833. The lowest BCUT2D eigenvalue weighted by Crippen LogP contribution is -2.18. The van der Waals surface area contributed by atoms with Gasteiger partial charge in [0.15, 0.2) is 0 Å². The van der Waals surface area contributed by atoms with Crippen molar-refractivity contribution in [2.45, 2.75) is 6.54 Å². The molecule has 9 heteroatoms. The maximum atomic E-state index is 12.6. The van der Waals surface area contributed by atoms with Gasteiger partial charge in [0.2, 0.25) is 0 Å². The number of hydrogen-bond acceptors (Lipinski definition) is 5. The van der Waals surface area contributed by atoms with Gasteiger partial charge in [0.25, 0.3) is 11.6 Å². The zero-order valence-electron chi connectivity index (χ0n) is 17.6. The van der Waals surface area contributed by atoms with Crippen molar-refractivity contribution >= 4 is 44.6 Å². The number of para-hydroxylation sites is 1. The van der Waals surface area contributed by atoms with Crippen molar-refractivity contribution in [1.29, 1.82) is 0 Å². The van der Waals surface area contributed by atoms with Gasteiger partial charge in [0.1, 0.15) is 5.75 Å². The number of nitrogens with one attached hydrogen (secondary N) is 1. The molecule has 0 atom stereocenters. The molecule has 4 aromatic rings. The van der Waals surface area contributed by atoms with Crippen LogP contribution in [0, 0.1) is 10.1 Å². The summed E-state index contributed by atoms with van der Waals surface area (Å²) in [6.07, 6.45) is 3.53. The third kappa shape index (κ3) is 4.93. The Labute approximate surface area is 197 Å². The van der Waals surface area contributed by atoms with E-state index in [9.17, 15) is 14.9 Å². The number of carbonyl (C=O) groups is 1. The van der Waals surface area contributed by atoms with Crippen LogP contribution in [0.5, 0.6) is 5.75 Å². The Bertz CT molecular complexity index is 1360. The molecule has 0 unspecified atom stereocenters. The zero-order chi connectivity index (χ0) is 23.4. The molecule has 0 aliphatic carbocycles. The van der Waals surface area contributed by atoms with Crippen LogP contribution in [0.3, 0.4) is 0 Å². The lowest BCUT2D eigenvalue weighted by molar-refractivity contribution is -0.384. The summed E-state index contributed by atoms with van der Waals surface area (Å²) < 4.78 is 8.04. The van der Waals surface area contributed by atoms with Crippen molar-refractivity contribution in [1.82, 2.24) is 9.99 Å². The van der Waals surface area contributed by atoms with Crippen molar-refractivity contribution in [2.24, 2.45) is 5.10 Å². The quantitative estimate of drug-likeness (QED) is 0.213. The predicted molar refractivity (Wildman–Crippen MR) is 130 cm³/mol. The Morgan fingerprint density at radius 3 is 2.67 bits per heavy atom. The third-order valence-electron chi connectivity index (χ3n) is 5.10. The van der Waals surface area contributed by atoms with E-state index >= 15 is 0 Å². The minimum atomic E-state index is -0.415. The first-order chi connectivity index (χ1) is 16.0. The molecule has 4 rings (SSSR count). The number of non-ortho nitro benzene ring substituents is 1. The van der Waals surface area contributed by atoms with Crippen LogP contribution < -0.4 is 10.2 Å². The van der Waals surface area contributed by atoms with E-state index in [4.69, 9.17) is 4.74 Å². The van der Waals surface area contributed by atoms with Crippen LogP contribution in [0.2, 0.25) is 0 Å². The summed E-state index contributed by atoms with van der Waals surface area (Å²) in [7, 11) is 1.50. The number of halogens is 1. The molecule has 1 amide bonds. The number of fused-ring (bicyclic) bond motifs is 1. The van der Waals surface area contributed by atoms with Crippen LogP contribution in [0.15, 0.2) is 82.5 Å². The second-order valence-electron chi connectivity index (χ2n) is 7.20. The van der Waals surface area contributed by atoms with Crippen LogP contribution in [0.25, 0.3) is 10.9 Å². The number of carbonyl (C=O) groups excluding carboxylic acids is 1. The van der Waals surface area contributed by atoms with Gasteiger partial charge in [-0.25, -0.2) is 5.43 Å². The molecule has 0 saturated heterocycles. The summed E-state index contributed by atoms with van der Waals surface area (Å²) in [5.74, 6) is 0.0598. The van der Waals surface area contributed by atoms with Crippen LogP contribution in [-0.4, -0.2) is 28.7 Å². The Balaban J connectivity index is 1.56. The lowest BCUT2D eigenvalue weighted by Gasteiger charge is -2.07. The Kier molecular flexibility index (Phi) is 6.50. The third-order valence-corrected chi connectivity index (χ3v) is 5.59. The summed E-state index contributed by atoms with van der Waals surface area (Å²) in [5.41, 5.74) is 5.71. The molecule has 0 radical (unpaired) electrons. The molecule has 1 heterocycles. The van der Waals surface area contributed by atoms with Crippen molar-refractivity contribution in [3.05, 3.63) is 104 Å². The average molecular weight is 507 g/mol. The van der Waals surface area contributed by atoms with Gasteiger partial charge in [-0.05, 0) is 29.8 Å². The molecular formula is C24H19BrN4O4. The smallest absolute Gasteiger partial charge is 0.275 e. The number of nitro benzene ring substituents is 1. The number of nitro groups is 1. The maximum absolute atomic E-state index is 12.6. The largest absolute Gasteiger partial charge is 0.496 e. The molecule has 33 heavy (non-hydrogen) atoms. The molecule has 0 saturated carbocycles. The van der Waals surface area contributed by atoms with Crippen LogP contribution in [0.4, 0.5) is 5.69 Å². The van der Waals surface area contributed by atoms with Crippen molar-refractivity contribution in [2.75, 3.05) is 7.11 Å². The average Bonchev–Trinajstić information content (AvgIpc) is 3.16. The summed E-state index contributed by atoms with van der Waals surface area (Å²) in [6, 6.07) is 19.5. The highest BCUT2D eigenvalue weighted by Crippen LogP contribution is 2.24. The fourth-order valence-corrected chi connectivity index (χ4v) is 3.87. The molecule has 1 aromatic heterocycles. The van der Waals surface area contributed by atoms with Gasteiger partial charge in [0, 0.05) is 45.8 Å². The summed E-state index contributed by atoms with van der Waals surface area (Å²) in [4.78, 5) is 23.0. The van der Waals surface area contributed by atoms with E-state index in [0.29, 0.717) is 17.9 Å². The first-order valence-electron chi connectivity index (χ1n) is 9.94. The Hall–Kier alpha value is -3.98. The van der Waals surface area contributed by atoms with Gasteiger partial charge < -0.3 is 9.30 Å². The number of amides is 1. The summed E-state index contributed by atoms with van der Waals surface area (Å²) in [6.45, 7) is 0.536. The molecule has 166 valence electrons. The van der Waals surface area contributed by atoms with Crippen LogP contribution in [-0.2, 0) is 6.54 Å². The van der Waals surface area contributed by atoms with Crippen molar-refractivity contribution in [3.63, 3.8) is 0 Å². The molecule has 0 aliphatic heterocycles. The highest BCUT2D eigenvalue weighted by Gasteiger charge is 2.13. The van der Waals surface area contributed by atoms with Crippen LogP contribution >= 0.6 is 15.9 Å². The lowest BCUT2D eigenvalue weighted by atomic mass is 10.2. The van der Waals surface area contributed by atoms with E-state index < -0.39 is 4.92 Å². The van der Waals surface area contributed by atoms with Crippen molar-refractivity contribution < 1.29 is 14.5 Å². The number of rotatable bonds is 7. The Morgan fingerprint density at radius 1 is 1.18 bits per heavy atom. The number of nitrogens with zero attached hydrogens (tertiary/aromatic N) is 3. The van der Waals surface area contributed by atoms with Gasteiger partial charge in [-0.15, -0.1) is 0 Å². The first kappa shape index (κ1) is 22.2. The van der Waals surface area contributed by atoms with E-state index in [0.717, 1.165) is 26.5 Å². The van der Waals surface area contributed by atoms with Crippen LogP contribution in [0.1, 0.15) is 21.5 Å². The molecule has 0 bridgehead atoms. The van der Waals surface area contributed by atoms with Gasteiger partial charge in [0.05, 0.1) is 23.8 Å². The maximum Gasteiger partial charge on any atom is 0.275 e. The van der Waals surface area contributed by atoms with Gasteiger partial charge in [-0.2, -0.15) is 5.10 Å². The zero-order valence-corrected chi connectivity index (χ0v) is 19.2. The number of ether oxygens (including phenoxy) is 1. The van der Waals surface area contributed by atoms with Gasteiger partial charge in [-0.1, -0.05) is 46.3 Å². The fourth-order valence-electron chi connectivity index (χ4n) is 3.51. The topological polar surface area (TPSA) is 98.8 Å². The number of aromatic nitrogens is 1. The molecule has 0 aliphatic rings. The highest BCUT2D eigenvalue weighted by atomic mass is 79.9. The number of benzene rings is 3. The molecule has 8 nitrogen and oxygen atoms in total.